The minimum absolute atomic E-state index is 0.463. The molecule has 0 saturated heterocycles. The third-order valence-corrected chi connectivity index (χ3v) is 2.87. The zero-order chi connectivity index (χ0) is 14.0. The fourth-order valence-corrected chi connectivity index (χ4v) is 1.81. The first-order valence-electron chi connectivity index (χ1n) is 6.60. The molecule has 0 aromatic heterocycles. The lowest BCUT2D eigenvalue weighted by Crippen LogP contribution is -1.94. The Morgan fingerprint density at radius 3 is 2.30 bits per heavy atom. The lowest BCUT2D eigenvalue weighted by molar-refractivity contribution is 0.971. The van der Waals surface area contributed by atoms with Crippen molar-refractivity contribution in [3.05, 3.63) is 77.9 Å². The van der Waals surface area contributed by atoms with Crippen LogP contribution < -0.4 is 0 Å². The lowest BCUT2D eigenvalue weighted by Gasteiger charge is -1.97. The molecule has 2 nitrogen and oxygen atoms in total. The van der Waals surface area contributed by atoms with Crippen LogP contribution in [0.2, 0.25) is 0 Å². The van der Waals surface area contributed by atoms with Crippen molar-refractivity contribution in [3.8, 4) is 6.07 Å². The van der Waals surface area contributed by atoms with E-state index < -0.39 is 0 Å². The Morgan fingerprint density at radius 1 is 1.00 bits per heavy atom. The van der Waals surface area contributed by atoms with Crippen molar-refractivity contribution < 1.29 is 0 Å². The van der Waals surface area contributed by atoms with Crippen LogP contribution in [0.5, 0.6) is 0 Å². The molecule has 0 aliphatic heterocycles. The van der Waals surface area contributed by atoms with E-state index in [-0.39, 0.29) is 0 Å². The Bertz CT molecular complexity index is 619. The first-order valence-corrected chi connectivity index (χ1v) is 6.60. The van der Waals surface area contributed by atoms with Crippen LogP contribution in [0, 0.1) is 11.3 Å². The molecule has 0 heterocycles. The van der Waals surface area contributed by atoms with Crippen molar-refractivity contribution in [2.75, 3.05) is 6.54 Å². The molecule has 0 radical (unpaired) electrons. The van der Waals surface area contributed by atoms with Gasteiger partial charge in [-0.15, -0.1) is 0 Å². The molecule has 98 valence electrons. The summed E-state index contributed by atoms with van der Waals surface area (Å²) >= 11 is 0. The van der Waals surface area contributed by atoms with Crippen molar-refractivity contribution >= 4 is 11.8 Å². The molecule has 0 atom stereocenters. The van der Waals surface area contributed by atoms with E-state index in [1.165, 1.54) is 5.56 Å². The lowest BCUT2D eigenvalue weighted by atomic mass is 10.1. The third-order valence-electron chi connectivity index (χ3n) is 2.87. The number of nitriles is 1. The predicted octanol–water partition coefficient (Wildman–Crippen LogP) is 3.91. The molecule has 0 unspecified atom stereocenters. The van der Waals surface area contributed by atoms with Gasteiger partial charge < -0.3 is 0 Å². The van der Waals surface area contributed by atoms with E-state index in [1.54, 1.807) is 6.08 Å². The summed E-state index contributed by atoms with van der Waals surface area (Å²) in [5, 5.41) is 9.07. The highest BCUT2D eigenvalue weighted by Gasteiger charge is 1.93. The zero-order valence-corrected chi connectivity index (χ0v) is 11.2. The normalized spacial score (nSPS) is 11.4. The summed E-state index contributed by atoms with van der Waals surface area (Å²) in [6.45, 7) is 0.631. The molecule has 20 heavy (non-hydrogen) atoms. The van der Waals surface area contributed by atoms with Crippen molar-refractivity contribution in [2.24, 2.45) is 4.99 Å². The van der Waals surface area contributed by atoms with Gasteiger partial charge in [-0.25, -0.2) is 0 Å². The monoisotopic (exact) mass is 260 g/mol. The summed E-state index contributed by atoms with van der Waals surface area (Å²) in [6.07, 6.45) is 4.52. The van der Waals surface area contributed by atoms with Gasteiger partial charge in [-0.3, -0.25) is 4.99 Å². The highest BCUT2D eigenvalue weighted by atomic mass is 14.7. The van der Waals surface area contributed by atoms with Gasteiger partial charge in [0.25, 0.3) is 0 Å². The number of hydrogen-bond acceptors (Lipinski definition) is 2. The molecule has 2 aromatic carbocycles. The first kappa shape index (κ1) is 13.8. The second kappa shape index (κ2) is 7.70. The molecule has 2 heteroatoms. The fourth-order valence-electron chi connectivity index (χ4n) is 1.81. The van der Waals surface area contributed by atoms with Crippen LogP contribution in [0.3, 0.4) is 0 Å². The average Bonchev–Trinajstić information content (AvgIpc) is 2.52. The van der Waals surface area contributed by atoms with Crippen LogP contribution in [0.15, 0.2) is 71.7 Å². The van der Waals surface area contributed by atoms with Crippen LogP contribution in [0.1, 0.15) is 11.1 Å². The molecular weight excluding hydrogens is 244 g/mol. The largest absolute Gasteiger partial charge is 0.274 e. The molecule has 0 bridgehead atoms. The number of allylic oxidation sites excluding steroid dienone is 1. The van der Waals surface area contributed by atoms with Gasteiger partial charge in [0, 0.05) is 6.54 Å². The Labute approximate surface area is 119 Å². The van der Waals surface area contributed by atoms with Crippen LogP contribution in [-0.4, -0.2) is 12.3 Å². The van der Waals surface area contributed by atoms with E-state index in [1.807, 2.05) is 54.6 Å². The molecule has 0 N–H and O–H groups in total. The van der Waals surface area contributed by atoms with Crippen molar-refractivity contribution in [1.29, 1.82) is 5.26 Å². The maximum absolute atomic E-state index is 9.07. The Kier molecular flexibility index (Phi) is 5.30. The molecular formula is C18H16N2. The van der Waals surface area contributed by atoms with E-state index >= 15 is 0 Å². The smallest absolute Gasteiger partial charge is 0.135 e. The van der Waals surface area contributed by atoms with Crippen molar-refractivity contribution in [2.45, 2.75) is 6.42 Å². The van der Waals surface area contributed by atoms with E-state index in [2.05, 4.69) is 23.2 Å². The molecule has 0 amide bonds. The average molecular weight is 260 g/mol. The molecule has 0 saturated carbocycles. The first-order chi connectivity index (χ1) is 9.88. The molecule has 0 aliphatic rings. The highest BCUT2D eigenvalue weighted by molar-refractivity contribution is 6.09. The Morgan fingerprint density at radius 2 is 1.65 bits per heavy atom. The van der Waals surface area contributed by atoms with Gasteiger partial charge in [-0.05, 0) is 23.6 Å². The summed E-state index contributed by atoms with van der Waals surface area (Å²) in [5.74, 6) is 0. The molecule has 2 aromatic rings. The number of benzene rings is 2. The fraction of sp³-hybridized carbons (Fsp3) is 0.111. The summed E-state index contributed by atoms with van der Waals surface area (Å²) < 4.78 is 0. The molecule has 0 aliphatic carbocycles. The predicted molar refractivity (Wildman–Crippen MR) is 83.5 cm³/mol. The molecule has 0 fully saturated rings. The molecule has 2 rings (SSSR count). The summed E-state index contributed by atoms with van der Waals surface area (Å²) in [7, 11) is 0. The van der Waals surface area contributed by atoms with Crippen LogP contribution in [0.25, 0.3) is 6.08 Å². The van der Waals surface area contributed by atoms with Crippen molar-refractivity contribution in [1.82, 2.24) is 0 Å². The number of rotatable bonds is 5. The van der Waals surface area contributed by atoms with Crippen LogP contribution in [0.4, 0.5) is 0 Å². The van der Waals surface area contributed by atoms with Gasteiger partial charge >= 0.3 is 0 Å². The van der Waals surface area contributed by atoms with Crippen molar-refractivity contribution in [3.63, 3.8) is 0 Å². The maximum atomic E-state index is 9.07. The van der Waals surface area contributed by atoms with E-state index in [0.29, 0.717) is 12.3 Å². The van der Waals surface area contributed by atoms with E-state index in [9.17, 15) is 0 Å². The minimum Gasteiger partial charge on any atom is -0.274 e. The SMILES string of the molecule is N#CC(/C=C/c1ccccc1)=NCCc1ccccc1. The van der Waals surface area contributed by atoms with Gasteiger partial charge in [-0.1, -0.05) is 66.7 Å². The second-order valence-electron chi connectivity index (χ2n) is 4.36. The number of hydrogen-bond donors (Lipinski definition) is 0. The standard InChI is InChI=1S/C18H16N2/c19-15-18(12-11-16-7-3-1-4-8-16)20-14-13-17-9-5-2-6-10-17/h1-12H,13-14H2/b12-11+,20-18?. The van der Waals surface area contributed by atoms with Gasteiger partial charge in [0.05, 0.1) is 0 Å². The van der Waals surface area contributed by atoms with Crippen LogP contribution in [-0.2, 0) is 6.42 Å². The third kappa shape index (κ3) is 4.55. The highest BCUT2D eigenvalue weighted by Crippen LogP contribution is 2.02. The minimum atomic E-state index is 0.463. The molecule has 0 spiro atoms. The Hall–Kier alpha value is -2.66. The Balaban J connectivity index is 1.93. The maximum Gasteiger partial charge on any atom is 0.135 e. The van der Waals surface area contributed by atoms with E-state index in [4.69, 9.17) is 5.26 Å². The topological polar surface area (TPSA) is 36.1 Å². The van der Waals surface area contributed by atoms with Gasteiger partial charge in [0.1, 0.15) is 11.8 Å². The van der Waals surface area contributed by atoms with E-state index in [0.717, 1.165) is 12.0 Å². The number of aliphatic imine (C=N–C) groups is 1. The quantitative estimate of drug-likeness (QED) is 0.751. The van der Waals surface area contributed by atoms with Gasteiger partial charge in [-0.2, -0.15) is 5.26 Å². The van der Waals surface area contributed by atoms with Crippen LogP contribution >= 0.6 is 0 Å². The summed E-state index contributed by atoms with van der Waals surface area (Å²) in [4.78, 5) is 4.32. The summed E-state index contributed by atoms with van der Waals surface area (Å²) in [5.41, 5.74) is 2.77. The van der Waals surface area contributed by atoms with Gasteiger partial charge in [0.2, 0.25) is 0 Å². The van der Waals surface area contributed by atoms with Gasteiger partial charge in [0.15, 0.2) is 0 Å². The second-order valence-corrected chi connectivity index (χ2v) is 4.36. The zero-order valence-electron chi connectivity index (χ0n) is 11.2. The summed E-state index contributed by atoms with van der Waals surface area (Å²) in [6, 6.07) is 22.2. The number of nitrogens with zero attached hydrogens (tertiary/aromatic N) is 2.